The van der Waals surface area contributed by atoms with Gasteiger partial charge in [-0.15, -0.1) is 0 Å². The Bertz CT molecular complexity index is 466. The topological polar surface area (TPSA) is 69.7 Å². The number of nitrogens with zero attached hydrogens (tertiary/aromatic N) is 2. The van der Waals surface area contributed by atoms with Crippen LogP contribution < -0.4 is 5.32 Å². The zero-order chi connectivity index (χ0) is 15.5. The van der Waals surface area contributed by atoms with Gasteiger partial charge in [-0.25, -0.2) is 8.42 Å². The maximum Gasteiger partial charge on any atom is 0.238 e. The first-order valence-electron chi connectivity index (χ1n) is 7.92. The zero-order valence-electron chi connectivity index (χ0n) is 13.0. The highest BCUT2D eigenvalue weighted by atomic mass is 32.2. The summed E-state index contributed by atoms with van der Waals surface area (Å²) in [7, 11) is -3.31. The van der Waals surface area contributed by atoms with E-state index in [9.17, 15) is 13.2 Å². The lowest BCUT2D eigenvalue weighted by molar-refractivity contribution is -0.125. The SMILES string of the molecule is CCN1CCC[C@@H]1CNC(=O)[C@H]1CCCCN1S(C)(=O)=O. The summed E-state index contributed by atoms with van der Waals surface area (Å²) in [6.07, 6.45) is 5.84. The highest BCUT2D eigenvalue weighted by Gasteiger charge is 2.34. The molecule has 6 nitrogen and oxygen atoms in total. The standard InChI is InChI=1S/C14H27N3O3S/c1-3-16-9-6-7-12(16)11-15-14(18)13-8-4-5-10-17(13)21(2,19)20/h12-13H,3-11H2,1-2H3,(H,15,18)/t12-,13-/m1/s1. The Hall–Kier alpha value is -0.660. The third-order valence-electron chi connectivity index (χ3n) is 4.60. The molecule has 1 amide bonds. The summed E-state index contributed by atoms with van der Waals surface area (Å²) < 4.78 is 25.0. The molecule has 0 spiro atoms. The van der Waals surface area contributed by atoms with Crippen LogP contribution in [0.25, 0.3) is 0 Å². The summed E-state index contributed by atoms with van der Waals surface area (Å²) in [4.78, 5) is 14.7. The number of amides is 1. The maximum atomic E-state index is 12.4. The van der Waals surface area contributed by atoms with E-state index in [0.29, 0.717) is 25.6 Å². The molecule has 0 unspecified atom stereocenters. The van der Waals surface area contributed by atoms with Gasteiger partial charge in [0.25, 0.3) is 0 Å². The van der Waals surface area contributed by atoms with E-state index in [0.717, 1.165) is 32.4 Å². The molecule has 0 aromatic carbocycles. The minimum Gasteiger partial charge on any atom is -0.353 e. The molecule has 0 bridgehead atoms. The molecule has 2 fully saturated rings. The summed E-state index contributed by atoms with van der Waals surface area (Å²) in [5, 5.41) is 2.97. The lowest BCUT2D eigenvalue weighted by Gasteiger charge is -2.33. The molecular weight excluding hydrogens is 290 g/mol. The monoisotopic (exact) mass is 317 g/mol. The fraction of sp³-hybridized carbons (Fsp3) is 0.929. The van der Waals surface area contributed by atoms with Gasteiger partial charge in [0, 0.05) is 19.1 Å². The van der Waals surface area contributed by atoms with Crippen molar-refractivity contribution < 1.29 is 13.2 Å². The smallest absolute Gasteiger partial charge is 0.238 e. The minimum atomic E-state index is -3.31. The number of likely N-dealkylation sites (N-methyl/N-ethyl adjacent to an activating group) is 1. The number of likely N-dealkylation sites (tertiary alicyclic amines) is 1. The van der Waals surface area contributed by atoms with E-state index < -0.39 is 16.1 Å². The number of carbonyl (C=O) groups excluding carboxylic acids is 1. The molecular formula is C14H27N3O3S. The molecule has 0 saturated carbocycles. The fourth-order valence-corrected chi connectivity index (χ4v) is 4.57. The molecule has 0 aromatic rings. The molecule has 2 atom stereocenters. The lowest BCUT2D eigenvalue weighted by Crippen LogP contribution is -2.53. The molecule has 7 heteroatoms. The molecule has 2 heterocycles. The minimum absolute atomic E-state index is 0.136. The van der Waals surface area contributed by atoms with Crippen LogP contribution in [0.2, 0.25) is 0 Å². The molecule has 0 radical (unpaired) electrons. The molecule has 2 saturated heterocycles. The first-order valence-corrected chi connectivity index (χ1v) is 9.77. The Morgan fingerprint density at radius 3 is 2.62 bits per heavy atom. The number of hydrogen-bond acceptors (Lipinski definition) is 4. The summed E-state index contributed by atoms with van der Waals surface area (Å²) in [5.74, 6) is -0.136. The van der Waals surface area contributed by atoms with Gasteiger partial charge in [-0.3, -0.25) is 9.69 Å². The van der Waals surface area contributed by atoms with Crippen molar-refractivity contribution in [2.45, 2.75) is 51.1 Å². The molecule has 122 valence electrons. The van der Waals surface area contributed by atoms with E-state index in [1.165, 1.54) is 17.0 Å². The van der Waals surface area contributed by atoms with E-state index >= 15 is 0 Å². The van der Waals surface area contributed by atoms with E-state index in [1.807, 2.05) is 0 Å². The number of nitrogens with one attached hydrogen (secondary N) is 1. The second-order valence-corrected chi connectivity index (χ2v) is 7.99. The van der Waals surface area contributed by atoms with Crippen molar-refractivity contribution in [3.05, 3.63) is 0 Å². The number of carbonyl (C=O) groups is 1. The molecule has 2 aliphatic rings. The normalized spacial score (nSPS) is 28.7. The number of hydrogen-bond donors (Lipinski definition) is 1. The van der Waals surface area contributed by atoms with Crippen molar-refractivity contribution >= 4 is 15.9 Å². The molecule has 21 heavy (non-hydrogen) atoms. The second kappa shape index (κ2) is 7.07. The predicted molar refractivity (Wildman–Crippen MR) is 82.5 cm³/mol. The van der Waals surface area contributed by atoms with Crippen LogP contribution >= 0.6 is 0 Å². The largest absolute Gasteiger partial charge is 0.353 e. The Labute approximate surface area is 127 Å². The van der Waals surface area contributed by atoms with Gasteiger partial charge in [-0.2, -0.15) is 4.31 Å². The van der Waals surface area contributed by atoms with Crippen LogP contribution in [-0.4, -0.2) is 68.0 Å². The average Bonchev–Trinajstić information content (AvgIpc) is 2.91. The zero-order valence-corrected chi connectivity index (χ0v) is 13.9. The maximum absolute atomic E-state index is 12.4. The third kappa shape index (κ3) is 4.17. The van der Waals surface area contributed by atoms with Gasteiger partial charge in [0.05, 0.1) is 6.26 Å². The van der Waals surface area contributed by atoms with Gasteiger partial charge in [0.1, 0.15) is 6.04 Å². The number of piperidine rings is 1. The third-order valence-corrected chi connectivity index (χ3v) is 5.89. The van der Waals surface area contributed by atoms with Crippen molar-refractivity contribution in [1.29, 1.82) is 0 Å². The average molecular weight is 317 g/mol. The number of rotatable bonds is 5. The summed E-state index contributed by atoms with van der Waals surface area (Å²) in [6, 6.07) is -0.126. The molecule has 2 aliphatic heterocycles. The van der Waals surface area contributed by atoms with Gasteiger partial charge < -0.3 is 5.32 Å². The Balaban J connectivity index is 1.92. The van der Waals surface area contributed by atoms with Gasteiger partial charge in [-0.1, -0.05) is 13.3 Å². The second-order valence-electron chi connectivity index (χ2n) is 6.06. The summed E-state index contributed by atoms with van der Waals surface area (Å²) >= 11 is 0. The van der Waals surface area contributed by atoms with E-state index in [1.54, 1.807) is 0 Å². The van der Waals surface area contributed by atoms with Gasteiger partial charge >= 0.3 is 0 Å². The summed E-state index contributed by atoms with van der Waals surface area (Å²) in [5.41, 5.74) is 0. The quantitative estimate of drug-likeness (QED) is 0.797. The Morgan fingerprint density at radius 1 is 1.19 bits per heavy atom. The number of sulfonamides is 1. The van der Waals surface area contributed by atoms with Crippen molar-refractivity contribution in [3.63, 3.8) is 0 Å². The molecule has 1 N–H and O–H groups in total. The van der Waals surface area contributed by atoms with Crippen LogP contribution in [0.4, 0.5) is 0 Å². The predicted octanol–water partition coefficient (Wildman–Crippen LogP) is 0.401. The fourth-order valence-electron chi connectivity index (χ4n) is 3.44. The van der Waals surface area contributed by atoms with Crippen LogP contribution in [0, 0.1) is 0 Å². The van der Waals surface area contributed by atoms with Crippen LogP contribution in [0.1, 0.15) is 39.0 Å². The Kier molecular flexibility index (Phi) is 5.62. The first-order chi connectivity index (χ1) is 9.93. The van der Waals surface area contributed by atoms with Crippen LogP contribution in [-0.2, 0) is 14.8 Å². The first kappa shape index (κ1) is 16.7. The van der Waals surface area contributed by atoms with Gasteiger partial charge in [-0.05, 0) is 38.8 Å². The highest BCUT2D eigenvalue weighted by molar-refractivity contribution is 7.88. The van der Waals surface area contributed by atoms with Gasteiger partial charge in [0.2, 0.25) is 15.9 Å². The van der Waals surface area contributed by atoms with Crippen LogP contribution in [0.5, 0.6) is 0 Å². The molecule has 0 aromatic heterocycles. The summed E-state index contributed by atoms with van der Waals surface area (Å²) in [6.45, 7) is 5.31. The molecule has 2 rings (SSSR count). The van der Waals surface area contributed by atoms with E-state index in [4.69, 9.17) is 0 Å². The van der Waals surface area contributed by atoms with Crippen molar-refractivity contribution in [1.82, 2.24) is 14.5 Å². The van der Waals surface area contributed by atoms with Crippen molar-refractivity contribution in [3.8, 4) is 0 Å². The van der Waals surface area contributed by atoms with Crippen molar-refractivity contribution in [2.24, 2.45) is 0 Å². The Morgan fingerprint density at radius 2 is 1.95 bits per heavy atom. The lowest BCUT2D eigenvalue weighted by atomic mass is 10.0. The highest BCUT2D eigenvalue weighted by Crippen LogP contribution is 2.20. The molecule has 0 aliphatic carbocycles. The van der Waals surface area contributed by atoms with Crippen LogP contribution in [0.3, 0.4) is 0 Å². The van der Waals surface area contributed by atoms with E-state index in [-0.39, 0.29) is 5.91 Å². The van der Waals surface area contributed by atoms with Crippen molar-refractivity contribution in [2.75, 3.05) is 32.4 Å². The van der Waals surface area contributed by atoms with E-state index in [2.05, 4.69) is 17.1 Å². The van der Waals surface area contributed by atoms with Gasteiger partial charge in [0.15, 0.2) is 0 Å². The van der Waals surface area contributed by atoms with Crippen LogP contribution in [0.15, 0.2) is 0 Å².